The summed E-state index contributed by atoms with van der Waals surface area (Å²) in [5.74, 6) is 0. The van der Waals surface area contributed by atoms with Crippen molar-refractivity contribution in [2.24, 2.45) is 0 Å². The fourth-order valence-electron chi connectivity index (χ4n) is 0.947. The van der Waals surface area contributed by atoms with Gasteiger partial charge in [-0.1, -0.05) is 18.7 Å². The maximum absolute atomic E-state index is 3.93. The van der Waals surface area contributed by atoms with E-state index in [-0.39, 0.29) is 0 Å². The van der Waals surface area contributed by atoms with Gasteiger partial charge in [0.05, 0.1) is 0 Å². The largest absolute Gasteiger partial charge is 0.265 e. The molecule has 0 amide bonds. The van der Waals surface area contributed by atoms with Gasteiger partial charge in [-0.05, 0) is 30.2 Å². The van der Waals surface area contributed by atoms with Crippen LogP contribution in [0.25, 0.3) is 5.57 Å². The zero-order chi connectivity index (χ0) is 8.10. The number of hydrogen-bond acceptors (Lipinski definition) is 1. The van der Waals surface area contributed by atoms with Crippen molar-refractivity contribution in [3.8, 4) is 0 Å². The predicted molar refractivity (Wildman–Crippen MR) is 48.1 cm³/mol. The summed E-state index contributed by atoms with van der Waals surface area (Å²) in [7, 11) is 0. The molecule has 0 radical (unpaired) electrons. The summed E-state index contributed by atoms with van der Waals surface area (Å²) in [4.78, 5) is 3.93. The van der Waals surface area contributed by atoms with Gasteiger partial charge in [0, 0.05) is 12.4 Å². The number of allylic oxidation sites excluding steroid dienone is 3. The molecular formula is C10H11N. The second-order valence-corrected chi connectivity index (χ2v) is 2.18. The Kier molecular flexibility index (Phi) is 2.61. The molecule has 56 valence electrons. The number of nitrogens with zero attached hydrogens (tertiary/aromatic N) is 1. The van der Waals surface area contributed by atoms with Crippen molar-refractivity contribution < 1.29 is 0 Å². The van der Waals surface area contributed by atoms with Crippen molar-refractivity contribution in [1.82, 2.24) is 4.98 Å². The van der Waals surface area contributed by atoms with Crippen molar-refractivity contribution in [1.29, 1.82) is 0 Å². The lowest BCUT2D eigenvalue weighted by molar-refractivity contribution is 1.32. The summed E-state index contributed by atoms with van der Waals surface area (Å²) in [5, 5.41) is 0. The summed E-state index contributed by atoms with van der Waals surface area (Å²) in [6.45, 7) is 5.72. The SMILES string of the molecule is C=CC(=CC)c1ccncc1. The Hall–Kier alpha value is -1.37. The van der Waals surface area contributed by atoms with Gasteiger partial charge in [0.25, 0.3) is 0 Å². The fourth-order valence-corrected chi connectivity index (χ4v) is 0.947. The van der Waals surface area contributed by atoms with E-state index in [4.69, 9.17) is 0 Å². The number of aromatic nitrogens is 1. The van der Waals surface area contributed by atoms with Crippen molar-refractivity contribution in [3.63, 3.8) is 0 Å². The second kappa shape index (κ2) is 3.71. The van der Waals surface area contributed by atoms with Crippen LogP contribution in [0, 0.1) is 0 Å². The van der Waals surface area contributed by atoms with Crippen LogP contribution < -0.4 is 0 Å². The minimum absolute atomic E-state index is 1.15. The molecule has 1 aromatic rings. The molecule has 0 bridgehead atoms. The van der Waals surface area contributed by atoms with Gasteiger partial charge in [0.15, 0.2) is 0 Å². The van der Waals surface area contributed by atoms with Crippen LogP contribution in [0.3, 0.4) is 0 Å². The first-order valence-electron chi connectivity index (χ1n) is 3.57. The molecule has 1 heterocycles. The maximum Gasteiger partial charge on any atom is 0.0273 e. The standard InChI is InChI=1S/C10H11N/c1-3-9(4-2)10-5-7-11-8-6-10/h3-8H,1H2,2H3. The van der Waals surface area contributed by atoms with Crippen molar-refractivity contribution in [2.75, 3.05) is 0 Å². The highest BCUT2D eigenvalue weighted by molar-refractivity contribution is 5.72. The third-order valence-corrected chi connectivity index (χ3v) is 1.54. The summed E-state index contributed by atoms with van der Waals surface area (Å²) in [6.07, 6.45) is 7.43. The van der Waals surface area contributed by atoms with Crippen LogP contribution in [0.4, 0.5) is 0 Å². The van der Waals surface area contributed by atoms with Crippen LogP contribution >= 0.6 is 0 Å². The van der Waals surface area contributed by atoms with Crippen molar-refractivity contribution >= 4 is 5.57 Å². The molecule has 0 aliphatic rings. The van der Waals surface area contributed by atoms with E-state index < -0.39 is 0 Å². The maximum atomic E-state index is 3.93. The highest BCUT2D eigenvalue weighted by atomic mass is 14.6. The highest BCUT2D eigenvalue weighted by Gasteiger charge is 1.92. The van der Waals surface area contributed by atoms with Crippen LogP contribution in [0.5, 0.6) is 0 Å². The van der Waals surface area contributed by atoms with Gasteiger partial charge in [-0.3, -0.25) is 4.98 Å². The second-order valence-electron chi connectivity index (χ2n) is 2.18. The van der Waals surface area contributed by atoms with Gasteiger partial charge in [0.1, 0.15) is 0 Å². The van der Waals surface area contributed by atoms with E-state index in [1.165, 1.54) is 0 Å². The molecule has 0 spiro atoms. The van der Waals surface area contributed by atoms with Gasteiger partial charge in [0.2, 0.25) is 0 Å². The minimum Gasteiger partial charge on any atom is -0.265 e. The van der Waals surface area contributed by atoms with Gasteiger partial charge in [-0.25, -0.2) is 0 Å². The molecule has 0 unspecified atom stereocenters. The van der Waals surface area contributed by atoms with Gasteiger partial charge in [-0.2, -0.15) is 0 Å². The molecular weight excluding hydrogens is 134 g/mol. The highest BCUT2D eigenvalue weighted by Crippen LogP contribution is 2.12. The van der Waals surface area contributed by atoms with Crippen LogP contribution in [0.1, 0.15) is 12.5 Å². The van der Waals surface area contributed by atoms with E-state index in [1.807, 2.05) is 31.2 Å². The van der Waals surface area contributed by atoms with E-state index in [9.17, 15) is 0 Å². The molecule has 0 aromatic carbocycles. The molecule has 1 nitrogen and oxygen atoms in total. The molecule has 0 N–H and O–H groups in total. The average Bonchev–Trinajstić information content (AvgIpc) is 2.09. The normalized spacial score (nSPS) is 11.2. The van der Waals surface area contributed by atoms with Crippen molar-refractivity contribution in [2.45, 2.75) is 6.92 Å². The first-order chi connectivity index (χ1) is 5.38. The van der Waals surface area contributed by atoms with E-state index in [1.54, 1.807) is 12.4 Å². The predicted octanol–water partition coefficient (Wildman–Crippen LogP) is 2.67. The molecule has 11 heavy (non-hydrogen) atoms. The topological polar surface area (TPSA) is 12.9 Å². The van der Waals surface area contributed by atoms with E-state index >= 15 is 0 Å². The third-order valence-electron chi connectivity index (χ3n) is 1.54. The summed E-state index contributed by atoms with van der Waals surface area (Å²) < 4.78 is 0. The molecule has 0 aliphatic carbocycles. The Bertz CT molecular complexity index is 259. The summed E-state index contributed by atoms with van der Waals surface area (Å²) in [6, 6.07) is 3.94. The molecule has 0 fully saturated rings. The number of hydrogen-bond donors (Lipinski definition) is 0. The monoisotopic (exact) mass is 145 g/mol. The summed E-state index contributed by atoms with van der Waals surface area (Å²) >= 11 is 0. The first-order valence-corrected chi connectivity index (χ1v) is 3.57. The number of pyridine rings is 1. The Balaban J connectivity index is 3.01. The molecule has 1 aromatic heterocycles. The lowest BCUT2D eigenvalue weighted by Gasteiger charge is -1.98. The molecule has 0 saturated heterocycles. The zero-order valence-electron chi connectivity index (χ0n) is 6.62. The molecule has 0 atom stereocenters. The molecule has 1 rings (SSSR count). The van der Waals surface area contributed by atoms with Gasteiger partial charge < -0.3 is 0 Å². The van der Waals surface area contributed by atoms with Crippen LogP contribution in [-0.4, -0.2) is 4.98 Å². The average molecular weight is 145 g/mol. The molecule has 1 heteroatoms. The van der Waals surface area contributed by atoms with E-state index in [2.05, 4.69) is 11.6 Å². The Morgan fingerprint density at radius 3 is 2.55 bits per heavy atom. The lowest BCUT2D eigenvalue weighted by Crippen LogP contribution is -1.79. The van der Waals surface area contributed by atoms with Crippen LogP contribution in [-0.2, 0) is 0 Å². The zero-order valence-corrected chi connectivity index (χ0v) is 6.62. The molecule has 0 saturated carbocycles. The van der Waals surface area contributed by atoms with Crippen LogP contribution in [0.2, 0.25) is 0 Å². The van der Waals surface area contributed by atoms with Crippen molar-refractivity contribution in [3.05, 3.63) is 48.8 Å². The Morgan fingerprint density at radius 1 is 1.45 bits per heavy atom. The van der Waals surface area contributed by atoms with Gasteiger partial charge in [-0.15, -0.1) is 0 Å². The van der Waals surface area contributed by atoms with Crippen LogP contribution in [0.15, 0.2) is 43.3 Å². The van der Waals surface area contributed by atoms with E-state index in [0.717, 1.165) is 11.1 Å². The smallest absolute Gasteiger partial charge is 0.0273 e. The third kappa shape index (κ3) is 1.77. The number of rotatable bonds is 2. The van der Waals surface area contributed by atoms with E-state index in [0.29, 0.717) is 0 Å². The first kappa shape index (κ1) is 7.73. The van der Waals surface area contributed by atoms with Gasteiger partial charge >= 0.3 is 0 Å². The lowest BCUT2D eigenvalue weighted by atomic mass is 10.1. The fraction of sp³-hybridized carbons (Fsp3) is 0.100. The minimum atomic E-state index is 1.15. The Morgan fingerprint density at radius 2 is 2.09 bits per heavy atom. The molecule has 0 aliphatic heterocycles. The Labute approximate surface area is 67.1 Å². The quantitative estimate of drug-likeness (QED) is 0.583. The summed E-state index contributed by atoms with van der Waals surface area (Å²) in [5.41, 5.74) is 2.31.